The van der Waals surface area contributed by atoms with E-state index in [4.69, 9.17) is 4.42 Å². The van der Waals surface area contributed by atoms with Crippen LogP contribution in [0.2, 0.25) is 0 Å². The molecule has 0 saturated carbocycles. The molecule has 0 unspecified atom stereocenters. The van der Waals surface area contributed by atoms with Gasteiger partial charge in [0.2, 0.25) is 0 Å². The topological polar surface area (TPSA) is 53.8 Å². The number of hydrogen-bond donors (Lipinski definition) is 0. The Hall–Kier alpha value is -2.40. The number of piperazine rings is 1. The second kappa shape index (κ2) is 7.66. The lowest BCUT2D eigenvalue weighted by atomic mass is 10.0. The fraction of sp³-hybridized carbons (Fsp3) is 0.400. The lowest BCUT2D eigenvalue weighted by Crippen LogP contribution is -2.49. The van der Waals surface area contributed by atoms with E-state index in [0.717, 1.165) is 5.56 Å². The van der Waals surface area contributed by atoms with E-state index in [9.17, 15) is 9.59 Å². The average Bonchev–Trinajstić information content (AvgIpc) is 3.16. The lowest BCUT2D eigenvalue weighted by Gasteiger charge is -2.33. The predicted molar refractivity (Wildman–Crippen MR) is 95.9 cm³/mol. The summed E-state index contributed by atoms with van der Waals surface area (Å²) in [6, 6.07) is 11.3. The van der Waals surface area contributed by atoms with E-state index in [0.29, 0.717) is 44.4 Å². The van der Waals surface area contributed by atoms with Gasteiger partial charge in [0.15, 0.2) is 11.5 Å². The molecule has 0 bridgehead atoms. The number of carbonyl (C=O) groups is 2. The summed E-state index contributed by atoms with van der Waals surface area (Å²) in [7, 11) is 0. The molecule has 1 aromatic heterocycles. The van der Waals surface area contributed by atoms with Gasteiger partial charge in [-0.2, -0.15) is 0 Å². The molecule has 1 amide bonds. The Kier molecular flexibility index (Phi) is 5.34. The van der Waals surface area contributed by atoms with Gasteiger partial charge in [0.1, 0.15) is 0 Å². The van der Waals surface area contributed by atoms with Gasteiger partial charge in [-0.25, -0.2) is 0 Å². The number of benzene rings is 1. The third-order valence-electron chi connectivity index (χ3n) is 4.66. The van der Waals surface area contributed by atoms with Crippen LogP contribution in [0.25, 0.3) is 0 Å². The first-order valence-corrected chi connectivity index (χ1v) is 8.73. The maximum atomic E-state index is 12.5. The van der Waals surface area contributed by atoms with Crippen LogP contribution >= 0.6 is 0 Å². The van der Waals surface area contributed by atoms with Crippen LogP contribution in [0.1, 0.15) is 46.2 Å². The molecule has 2 heterocycles. The molecule has 1 aromatic carbocycles. The first-order valence-electron chi connectivity index (χ1n) is 8.73. The molecule has 3 rings (SSSR count). The van der Waals surface area contributed by atoms with Crippen molar-refractivity contribution in [2.24, 2.45) is 0 Å². The highest BCUT2D eigenvalue weighted by Gasteiger charge is 2.24. The van der Waals surface area contributed by atoms with Crippen molar-refractivity contribution >= 4 is 11.7 Å². The second-order valence-corrected chi connectivity index (χ2v) is 6.75. The Bertz CT molecular complexity index is 712. The Morgan fingerprint density at radius 3 is 2.28 bits per heavy atom. The zero-order valence-corrected chi connectivity index (χ0v) is 14.8. The molecule has 1 aliphatic heterocycles. The van der Waals surface area contributed by atoms with E-state index in [-0.39, 0.29) is 11.7 Å². The van der Waals surface area contributed by atoms with Crippen molar-refractivity contribution in [3.8, 4) is 0 Å². The van der Waals surface area contributed by atoms with Gasteiger partial charge >= 0.3 is 0 Å². The van der Waals surface area contributed by atoms with Crippen LogP contribution in [0, 0.1) is 0 Å². The summed E-state index contributed by atoms with van der Waals surface area (Å²) < 4.78 is 5.17. The van der Waals surface area contributed by atoms with Crippen LogP contribution in [0.15, 0.2) is 47.1 Å². The zero-order chi connectivity index (χ0) is 17.8. The van der Waals surface area contributed by atoms with Crippen LogP contribution < -0.4 is 0 Å². The molecule has 132 valence electrons. The number of hydrogen-bond acceptors (Lipinski definition) is 4. The summed E-state index contributed by atoms with van der Waals surface area (Å²) in [4.78, 5) is 28.6. The molecule has 0 atom stereocenters. The largest absolute Gasteiger partial charge is 0.459 e. The van der Waals surface area contributed by atoms with Gasteiger partial charge in [-0.15, -0.1) is 0 Å². The molecule has 0 radical (unpaired) electrons. The van der Waals surface area contributed by atoms with E-state index >= 15 is 0 Å². The van der Waals surface area contributed by atoms with Gasteiger partial charge in [0.05, 0.1) is 12.8 Å². The molecule has 5 nitrogen and oxygen atoms in total. The Balaban J connectivity index is 1.51. The normalized spacial score (nSPS) is 15.6. The van der Waals surface area contributed by atoms with Crippen LogP contribution in [-0.2, 0) is 0 Å². The number of rotatable bonds is 5. The van der Waals surface area contributed by atoms with Crippen molar-refractivity contribution in [3.05, 3.63) is 59.5 Å². The fourth-order valence-electron chi connectivity index (χ4n) is 3.01. The van der Waals surface area contributed by atoms with Gasteiger partial charge in [-0.1, -0.05) is 38.1 Å². The summed E-state index contributed by atoms with van der Waals surface area (Å²) in [6.07, 6.45) is 1.51. The monoisotopic (exact) mass is 340 g/mol. The lowest BCUT2D eigenvalue weighted by molar-refractivity contribution is 0.0596. The van der Waals surface area contributed by atoms with Crippen LogP contribution in [0.4, 0.5) is 0 Å². The minimum Gasteiger partial charge on any atom is -0.459 e. The van der Waals surface area contributed by atoms with Crippen molar-refractivity contribution in [2.45, 2.75) is 19.8 Å². The summed E-state index contributed by atoms with van der Waals surface area (Å²) in [5, 5.41) is 0. The minimum atomic E-state index is -0.0831. The molecule has 0 aliphatic carbocycles. The molecule has 1 fully saturated rings. The highest BCUT2D eigenvalue weighted by atomic mass is 16.3. The smallest absolute Gasteiger partial charge is 0.289 e. The van der Waals surface area contributed by atoms with E-state index in [2.05, 4.69) is 18.7 Å². The molecule has 5 heteroatoms. The molecule has 25 heavy (non-hydrogen) atoms. The van der Waals surface area contributed by atoms with Crippen molar-refractivity contribution in [1.29, 1.82) is 0 Å². The molecule has 1 aliphatic rings. The quantitative estimate of drug-likeness (QED) is 0.785. The summed E-state index contributed by atoms with van der Waals surface area (Å²) in [5.41, 5.74) is 1.99. The number of ketones is 1. The van der Waals surface area contributed by atoms with Crippen LogP contribution in [-0.4, -0.2) is 54.2 Å². The number of furan rings is 1. The number of Topliss-reactive ketones (excluding diaryl/α,β-unsaturated/α-hetero) is 1. The Morgan fingerprint density at radius 2 is 1.72 bits per heavy atom. The van der Waals surface area contributed by atoms with Crippen molar-refractivity contribution in [3.63, 3.8) is 0 Å². The number of carbonyl (C=O) groups excluding carboxylic acids is 2. The highest BCUT2D eigenvalue weighted by molar-refractivity contribution is 5.97. The first kappa shape index (κ1) is 17.4. The number of nitrogens with zero attached hydrogens (tertiary/aromatic N) is 2. The molecular formula is C20H24N2O3. The highest BCUT2D eigenvalue weighted by Crippen LogP contribution is 2.16. The van der Waals surface area contributed by atoms with Gasteiger partial charge in [-0.05, 0) is 23.6 Å². The van der Waals surface area contributed by atoms with Crippen molar-refractivity contribution in [2.75, 3.05) is 32.7 Å². The first-order chi connectivity index (χ1) is 12.0. The van der Waals surface area contributed by atoms with Gasteiger partial charge in [-0.3, -0.25) is 14.5 Å². The van der Waals surface area contributed by atoms with E-state index in [1.54, 1.807) is 17.0 Å². The minimum absolute atomic E-state index is 0.0831. The third-order valence-corrected chi connectivity index (χ3v) is 4.66. The predicted octanol–water partition coefficient (Wildman–Crippen LogP) is 3.04. The summed E-state index contributed by atoms with van der Waals surface area (Å²) >= 11 is 0. The van der Waals surface area contributed by atoms with E-state index in [1.165, 1.54) is 11.8 Å². The van der Waals surface area contributed by atoms with E-state index < -0.39 is 0 Å². The van der Waals surface area contributed by atoms with Crippen LogP contribution in [0.3, 0.4) is 0 Å². The van der Waals surface area contributed by atoms with Crippen LogP contribution in [0.5, 0.6) is 0 Å². The second-order valence-electron chi connectivity index (χ2n) is 6.75. The van der Waals surface area contributed by atoms with Gasteiger partial charge in [0, 0.05) is 31.7 Å². The SMILES string of the molecule is CC(C)c1ccc(C(=O)CN2CCN(C(=O)c3ccco3)CC2)cc1. The maximum Gasteiger partial charge on any atom is 0.289 e. The van der Waals surface area contributed by atoms with Gasteiger partial charge < -0.3 is 9.32 Å². The van der Waals surface area contributed by atoms with E-state index in [1.807, 2.05) is 24.3 Å². The Morgan fingerprint density at radius 1 is 1.04 bits per heavy atom. The fourth-order valence-corrected chi connectivity index (χ4v) is 3.01. The molecule has 0 N–H and O–H groups in total. The Labute approximate surface area is 148 Å². The maximum absolute atomic E-state index is 12.5. The average molecular weight is 340 g/mol. The van der Waals surface area contributed by atoms with Crippen molar-refractivity contribution in [1.82, 2.24) is 9.80 Å². The molecule has 2 aromatic rings. The molecule has 1 saturated heterocycles. The molecular weight excluding hydrogens is 316 g/mol. The zero-order valence-electron chi connectivity index (χ0n) is 14.8. The van der Waals surface area contributed by atoms with Gasteiger partial charge in [0.25, 0.3) is 5.91 Å². The number of amides is 1. The summed E-state index contributed by atoms with van der Waals surface area (Å²) in [5.74, 6) is 0.875. The standard InChI is InChI=1S/C20H24N2O3/c1-15(2)16-5-7-17(8-6-16)18(23)14-21-9-11-22(12-10-21)20(24)19-4-3-13-25-19/h3-8,13,15H,9-12,14H2,1-2H3. The molecule has 0 spiro atoms. The van der Waals surface area contributed by atoms with Crippen molar-refractivity contribution < 1.29 is 14.0 Å². The summed E-state index contributed by atoms with van der Waals surface area (Å²) in [6.45, 7) is 7.28. The third kappa shape index (κ3) is 4.17.